The van der Waals surface area contributed by atoms with Crippen LogP contribution < -0.4 is 10.2 Å². The number of benzene rings is 1. The molecular formula is C16H15F3N4O. The SMILES string of the molecule is O=C(Nc1ccc(F)c(F)c1F)c1cnc(N2CCCCC2)nc1. The van der Waals surface area contributed by atoms with E-state index < -0.39 is 29.0 Å². The molecule has 1 fully saturated rings. The smallest absolute Gasteiger partial charge is 0.258 e. The van der Waals surface area contributed by atoms with Crippen molar-refractivity contribution in [2.45, 2.75) is 19.3 Å². The number of halogens is 3. The zero-order chi connectivity index (χ0) is 17.1. The van der Waals surface area contributed by atoms with Crippen molar-refractivity contribution >= 4 is 17.5 Å². The normalized spacial score (nSPS) is 14.5. The van der Waals surface area contributed by atoms with E-state index in [4.69, 9.17) is 0 Å². The fraction of sp³-hybridized carbons (Fsp3) is 0.312. The lowest BCUT2D eigenvalue weighted by atomic mass is 10.1. The molecule has 0 bridgehead atoms. The first-order valence-electron chi connectivity index (χ1n) is 7.58. The minimum absolute atomic E-state index is 0.0971. The van der Waals surface area contributed by atoms with Gasteiger partial charge in [0, 0.05) is 25.5 Å². The highest BCUT2D eigenvalue weighted by Crippen LogP contribution is 2.20. The third kappa shape index (κ3) is 3.32. The van der Waals surface area contributed by atoms with Gasteiger partial charge in [-0.2, -0.15) is 0 Å². The number of anilines is 2. The predicted molar refractivity (Wildman–Crippen MR) is 82.4 cm³/mol. The topological polar surface area (TPSA) is 58.1 Å². The molecule has 0 radical (unpaired) electrons. The van der Waals surface area contributed by atoms with Gasteiger partial charge in [-0.25, -0.2) is 23.1 Å². The molecule has 126 valence electrons. The summed E-state index contributed by atoms with van der Waals surface area (Å²) in [5, 5.41) is 2.18. The third-order valence-electron chi connectivity index (χ3n) is 3.82. The predicted octanol–water partition coefficient (Wildman–Crippen LogP) is 3.14. The Balaban J connectivity index is 1.72. The molecule has 0 aliphatic carbocycles. The molecule has 5 nitrogen and oxygen atoms in total. The summed E-state index contributed by atoms with van der Waals surface area (Å²) in [7, 11) is 0. The van der Waals surface area contributed by atoms with Gasteiger partial charge in [-0.3, -0.25) is 4.79 Å². The zero-order valence-electron chi connectivity index (χ0n) is 12.7. The Morgan fingerprint density at radius 1 is 1.00 bits per heavy atom. The van der Waals surface area contributed by atoms with Gasteiger partial charge >= 0.3 is 0 Å². The average molecular weight is 336 g/mol. The maximum atomic E-state index is 13.6. The van der Waals surface area contributed by atoms with Crippen molar-refractivity contribution in [2.75, 3.05) is 23.3 Å². The van der Waals surface area contributed by atoms with Crippen LogP contribution in [0.1, 0.15) is 29.6 Å². The molecule has 1 aliphatic heterocycles. The summed E-state index contributed by atoms with van der Waals surface area (Å²) in [6.07, 6.45) is 5.97. The molecule has 8 heteroatoms. The van der Waals surface area contributed by atoms with Crippen molar-refractivity contribution in [3.63, 3.8) is 0 Å². The van der Waals surface area contributed by atoms with Crippen molar-refractivity contribution < 1.29 is 18.0 Å². The number of carbonyl (C=O) groups is 1. The van der Waals surface area contributed by atoms with E-state index in [-0.39, 0.29) is 5.56 Å². The Hall–Kier alpha value is -2.64. The maximum absolute atomic E-state index is 13.6. The number of amides is 1. The van der Waals surface area contributed by atoms with Crippen LogP contribution in [0, 0.1) is 17.5 Å². The van der Waals surface area contributed by atoms with Crippen LogP contribution >= 0.6 is 0 Å². The molecule has 24 heavy (non-hydrogen) atoms. The van der Waals surface area contributed by atoms with Gasteiger partial charge in [0.1, 0.15) is 0 Å². The van der Waals surface area contributed by atoms with E-state index in [1.807, 2.05) is 4.90 Å². The standard InChI is InChI=1S/C16H15F3N4O/c17-11-4-5-12(14(19)13(11)18)22-15(24)10-8-20-16(21-9-10)23-6-2-1-3-7-23/h4-5,8-9H,1-3,6-7H2,(H,22,24). The van der Waals surface area contributed by atoms with E-state index in [0.717, 1.165) is 38.1 Å². The van der Waals surface area contributed by atoms with Crippen molar-refractivity contribution in [3.8, 4) is 0 Å². The van der Waals surface area contributed by atoms with Gasteiger partial charge in [0.15, 0.2) is 17.5 Å². The van der Waals surface area contributed by atoms with E-state index in [9.17, 15) is 18.0 Å². The van der Waals surface area contributed by atoms with Crippen LogP contribution in [-0.4, -0.2) is 29.0 Å². The van der Waals surface area contributed by atoms with Crippen LogP contribution in [-0.2, 0) is 0 Å². The monoisotopic (exact) mass is 336 g/mol. The summed E-state index contributed by atoms with van der Waals surface area (Å²) in [6, 6.07) is 1.69. The van der Waals surface area contributed by atoms with E-state index >= 15 is 0 Å². The summed E-state index contributed by atoms with van der Waals surface area (Å²) in [5.41, 5.74) is -0.348. The molecule has 3 rings (SSSR count). The second-order valence-electron chi connectivity index (χ2n) is 5.50. The van der Waals surface area contributed by atoms with E-state index in [0.29, 0.717) is 5.95 Å². The lowest BCUT2D eigenvalue weighted by molar-refractivity contribution is 0.102. The van der Waals surface area contributed by atoms with Gasteiger partial charge in [0.05, 0.1) is 11.3 Å². The Bertz CT molecular complexity index is 746. The minimum Gasteiger partial charge on any atom is -0.341 e. The molecular weight excluding hydrogens is 321 g/mol. The van der Waals surface area contributed by atoms with Crippen LogP contribution in [0.2, 0.25) is 0 Å². The van der Waals surface area contributed by atoms with Gasteiger partial charge in [0.25, 0.3) is 5.91 Å². The molecule has 1 aliphatic rings. The molecule has 0 saturated carbocycles. The number of nitrogens with zero attached hydrogens (tertiary/aromatic N) is 3. The van der Waals surface area contributed by atoms with Gasteiger partial charge in [-0.15, -0.1) is 0 Å². The molecule has 2 aromatic rings. The van der Waals surface area contributed by atoms with Crippen molar-refractivity contribution in [2.24, 2.45) is 0 Å². The first kappa shape index (κ1) is 16.2. The van der Waals surface area contributed by atoms with Crippen LogP contribution in [0.25, 0.3) is 0 Å². The van der Waals surface area contributed by atoms with Gasteiger partial charge in [-0.1, -0.05) is 0 Å². The fourth-order valence-corrected chi connectivity index (χ4v) is 2.51. The second kappa shape index (κ2) is 6.86. The number of piperidine rings is 1. The van der Waals surface area contributed by atoms with E-state index in [1.165, 1.54) is 18.8 Å². The highest BCUT2D eigenvalue weighted by atomic mass is 19.2. The molecule has 0 spiro atoms. The minimum atomic E-state index is -1.63. The lowest BCUT2D eigenvalue weighted by Crippen LogP contribution is -2.31. The molecule has 1 amide bonds. The van der Waals surface area contributed by atoms with Crippen LogP contribution in [0.4, 0.5) is 24.8 Å². The number of hydrogen-bond donors (Lipinski definition) is 1. The van der Waals surface area contributed by atoms with Crippen LogP contribution in [0.5, 0.6) is 0 Å². The first-order chi connectivity index (χ1) is 11.6. The summed E-state index contributed by atoms with van der Waals surface area (Å²) < 4.78 is 39.6. The largest absolute Gasteiger partial charge is 0.341 e. The Kier molecular flexibility index (Phi) is 4.64. The Morgan fingerprint density at radius 2 is 1.67 bits per heavy atom. The fourth-order valence-electron chi connectivity index (χ4n) is 2.51. The molecule has 0 atom stereocenters. The number of aromatic nitrogens is 2. The Morgan fingerprint density at radius 3 is 2.33 bits per heavy atom. The molecule has 1 saturated heterocycles. The summed E-state index contributed by atoms with van der Waals surface area (Å²) in [5.74, 6) is -4.58. The highest BCUT2D eigenvalue weighted by Gasteiger charge is 2.17. The number of carbonyl (C=O) groups excluding carboxylic acids is 1. The second-order valence-corrected chi connectivity index (χ2v) is 5.50. The van der Waals surface area contributed by atoms with Gasteiger partial charge < -0.3 is 10.2 Å². The molecule has 2 heterocycles. The summed E-state index contributed by atoms with van der Waals surface area (Å²) >= 11 is 0. The van der Waals surface area contributed by atoms with Crippen LogP contribution in [0.3, 0.4) is 0 Å². The van der Waals surface area contributed by atoms with Gasteiger partial charge in [-0.05, 0) is 31.4 Å². The molecule has 0 unspecified atom stereocenters. The molecule has 1 N–H and O–H groups in total. The van der Waals surface area contributed by atoms with Crippen LogP contribution in [0.15, 0.2) is 24.5 Å². The van der Waals surface area contributed by atoms with E-state index in [1.54, 1.807) is 0 Å². The maximum Gasteiger partial charge on any atom is 0.258 e. The van der Waals surface area contributed by atoms with Crippen molar-refractivity contribution in [1.82, 2.24) is 9.97 Å². The number of hydrogen-bond acceptors (Lipinski definition) is 4. The van der Waals surface area contributed by atoms with Crippen molar-refractivity contribution in [1.29, 1.82) is 0 Å². The summed E-state index contributed by atoms with van der Waals surface area (Å²) in [6.45, 7) is 1.73. The summed E-state index contributed by atoms with van der Waals surface area (Å²) in [4.78, 5) is 22.4. The number of rotatable bonds is 3. The van der Waals surface area contributed by atoms with E-state index in [2.05, 4.69) is 15.3 Å². The molecule has 1 aromatic heterocycles. The first-order valence-corrected chi connectivity index (χ1v) is 7.58. The lowest BCUT2D eigenvalue weighted by Gasteiger charge is -2.26. The third-order valence-corrected chi connectivity index (χ3v) is 3.82. The highest BCUT2D eigenvalue weighted by molar-refractivity contribution is 6.03. The number of nitrogens with one attached hydrogen (secondary N) is 1. The quantitative estimate of drug-likeness (QED) is 0.875. The average Bonchev–Trinajstić information content (AvgIpc) is 2.63. The van der Waals surface area contributed by atoms with Crippen molar-refractivity contribution in [3.05, 3.63) is 47.5 Å². The Labute approximate surface area is 136 Å². The zero-order valence-corrected chi connectivity index (χ0v) is 12.7. The van der Waals surface area contributed by atoms with Gasteiger partial charge in [0.2, 0.25) is 5.95 Å². The molecule has 1 aromatic carbocycles.